The molecule has 0 bridgehead atoms. The topological polar surface area (TPSA) is 118 Å². The quantitative estimate of drug-likeness (QED) is 0.558. The van der Waals surface area contributed by atoms with E-state index in [2.05, 4.69) is 43.0 Å². The molecular formula is C26H29N5O2. The van der Waals surface area contributed by atoms with Gasteiger partial charge in [0.25, 0.3) is 5.56 Å². The zero-order chi connectivity index (χ0) is 24.3. The molecule has 0 radical (unpaired) electrons. The van der Waals surface area contributed by atoms with Gasteiger partial charge in [0, 0.05) is 11.3 Å². The maximum absolute atomic E-state index is 12.3. The van der Waals surface area contributed by atoms with Gasteiger partial charge in [-0.2, -0.15) is 9.94 Å². The molecule has 0 spiro atoms. The standard InChI is InChI=1S/C26H29N5O2/c1-6-7-20(15(2)3)22-13-18(8-9-23(22)28)12-21-16(4)10-19(11-17(21)5)31-26(33)29-25(32)24(14-27)30-31/h7-11,13,15H,6,12,28H2,1-5H3,(H,29,32,33)/b20-7+. The Hall–Kier alpha value is -3.92. The molecule has 0 saturated heterocycles. The predicted molar refractivity (Wildman–Crippen MR) is 131 cm³/mol. The fourth-order valence-corrected chi connectivity index (χ4v) is 4.06. The minimum atomic E-state index is -0.791. The van der Waals surface area contributed by atoms with Crippen molar-refractivity contribution in [1.82, 2.24) is 14.8 Å². The lowest BCUT2D eigenvalue weighted by Crippen LogP contribution is -2.33. The number of aromatic amines is 1. The molecule has 0 aliphatic carbocycles. The second kappa shape index (κ2) is 9.70. The van der Waals surface area contributed by atoms with Crippen LogP contribution in [0.1, 0.15) is 60.7 Å². The summed E-state index contributed by atoms with van der Waals surface area (Å²) in [5, 5.41) is 13.0. The molecule has 0 amide bonds. The molecule has 0 atom stereocenters. The Morgan fingerprint density at radius 1 is 1.21 bits per heavy atom. The summed E-state index contributed by atoms with van der Waals surface area (Å²) in [5.41, 5.74) is 12.3. The van der Waals surface area contributed by atoms with Crippen molar-refractivity contribution in [2.45, 2.75) is 47.5 Å². The highest BCUT2D eigenvalue weighted by molar-refractivity contribution is 5.76. The molecule has 0 saturated carbocycles. The number of nitrogens with zero attached hydrogens (tertiary/aromatic N) is 3. The third-order valence-electron chi connectivity index (χ3n) is 5.71. The molecule has 1 heterocycles. The van der Waals surface area contributed by atoms with E-state index < -0.39 is 11.2 Å². The first kappa shape index (κ1) is 23.7. The van der Waals surface area contributed by atoms with Crippen LogP contribution in [0.2, 0.25) is 0 Å². The molecule has 1 aromatic heterocycles. The van der Waals surface area contributed by atoms with E-state index in [-0.39, 0.29) is 5.69 Å². The van der Waals surface area contributed by atoms with Crippen molar-refractivity contribution in [3.8, 4) is 11.8 Å². The van der Waals surface area contributed by atoms with Gasteiger partial charge in [-0.05, 0) is 84.7 Å². The summed E-state index contributed by atoms with van der Waals surface area (Å²) in [5.74, 6) is 0.367. The summed E-state index contributed by atoms with van der Waals surface area (Å²) in [6.07, 6.45) is 3.89. The maximum atomic E-state index is 12.3. The van der Waals surface area contributed by atoms with Crippen LogP contribution in [0.5, 0.6) is 0 Å². The zero-order valence-electron chi connectivity index (χ0n) is 19.7. The SMILES string of the molecule is CC/C=C(/c1cc(Cc2c(C)cc(-n3nc(C#N)c(=O)[nH]c3=O)cc2C)ccc1N)C(C)C. The number of anilines is 1. The van der Waals surface area contributed by atoms with Gasteiger partial charge in [0.2, 0.25) is 5.69 Å². The number of nitriles is 1. The average molecular weight is 444 g/mol. The second-order valence-electron chi connectivity index (χ2n) is 8.51. The molecule has 0 aliphatic heterocycles. The first-order valence-electron chi connectivity index (χ1n) is 11.0. The van der Waals surface area contributed by atoms with Gasteiger partial charge >= 0.3 is 5.69 Å². The van der Waals surface area contributed by atoms with E-state index in [0.29, 0.717) is 18.0 Å². The van der Waals surface area contributed by atoms with Crippen LogP contribution in [0.25, 0.3) is 11.3 Å². The third kappa shape index (κ3) is 4.96. The van der Waals surface area contributed by atoms with Crippen LogP contribution in [0.4, 0.5) is 5.69 Å². The fourth-order valence-electron chi connectivity index (χ4n) is 4.06. The number of aryl methyl sites for hydroxylation is 2. The summed E-state index contributed by atoms with van der Waals surface area (Å²) in [6.45, 7) is 10.4. The summed E-state index contributed by atoms with van der Waals surface area (Å²) in [7, 11) is 0. The monoisotopic (exact) mass is 443 g/mol. The van der Waals surface area contributed by atoms with E-state index in [1.165, 1.54) is 5.57 Å². The van der Waals surface area contributed by atoms with E-state index in [9.17, 15) is 9.59 Å². The van der Waals surface area contributed by atoms with E-state index in [1.807, 2.05) is 38.1 Å². The minimum Gasteiger partial charge on any atom is -0.398 e. The highest BCUT2D eigenvalue weighted by atomic mass is 16.2. The molecule has 170 valence electrons. The van der Waals surface area contributed by atoms with Gasteiger partial charge in [-0.15, -0.1) is 5.10 Å². The highest BCUT2D eigenvalue weighted by Gasteiger charge is 2.14. The van der Waals surface area contributed by atoms with Gasteiger partial charge in [-0.3, -0.25) is 9.78 Å². The minimum absolute atomic E-state index is 0.357. The van der Waals surface area contributed by atoms with Crippen molar-refractivity contribution in [3.05, 3.63) is 90.8 Å². The Labute approximate surface area is 193 Å². The molecule has 2 aromatic carbocycles. The first-order valence-corrected chi connectivity index (χ1v) is 11.0. The van der Waals surface area contributed by atoms with Gasteiger partial charge in [0.1, 0.15) is 6.07 Å². The fraction of sp³-hybridized carbons (Fsp3) is 0.308. The van der Waals surface area contributed by atoms with E-state index >= 15 is 0 Å². The lowest BCUT2D eigenvalue weighted by atomic mass is 9.89. The van der Waals surface area contributed by atoms with Crippen LogP contribution >= 0.6 is 0 Å². The predicted octanol–water partition coefficient (Wildman–Crippen LogP) is 4.03. The van der Waals surface area contributed by atoms with E-state index in [4.69, 9.17) is 11.0 Å². The Bertz CT molecular complexity index is 1360. The maximum Gasteiger partial charge on any atom is 0.349 e. The molecule has 3 aromatic rings. The van der Waals surface area contributed by atoms with Crippen molar-refractivity contribution in [3.63, 3.8) is 0 Å². The number of rotatable bonds is 6. The largest absolute Gasteiger partial charge is 0.398 e. The summed E-state index contributed by atoms with van der Waals surface area (Å²) in [4.78, 5) is 26.1. The van der Waals surface area contributed by atoms with Crippen LogP contribution in [0.15, 0.2) is 46.0 Å². The Morgan fingerprint density at radius 3 is 2.45 bits per heavy atom. The van der Waals surface area contributed by atoms with Crippen molar-refractivity contribution in [1.29, 1.82) is 5.26 Å². The van der Waals surface area contributed by atoms with Crippen LogP contribution in [0.3, 0.4) is 0 Å². The summed E-state index contributed by atoms with van der Waals surface area (Å²) < 4.78 is 1.05. The first-order chi connectivity index (χ1) is 15.7. The number of H-pyrrole nitrogens is 1. The van der Waals surface area contributed by atoms with Crippen molar-refractivity contribution < 1.29 is 0 Å². The van der Waals surface area contributed by atoms with Crippen molar-refractivity contribution in [2.75, 3.05) is 5.73 Å². The molecule has 33 heavy (non-hydrogen) atoms. The lowest BCUT2D eigenvalue weighted by Gasteiger charge is -2.17. The Morgan fingerprint density at radius 2 is 1.88 bits per heavy atom. The highest BCUT2D eigenvalue weighted by Crippen LogP contribution is 2.31. The Kier molecular flexibility index (Phi) is 6.98. The van der Waals surface area contributed by atoms with Gasteiger partial charge in [-0.1, -0.05) is 32.9 Å². The smallest absolute Gasteiger partial charge is 0.349 e. The van der Waals surface area contributed by atoms with E-state index in [0.717, 1.165) is 44.6 Å². The molecule has 0 unspecified atom stereocenters. The summed E-state index contributed by atoms with van der Waals surface area (Å²) in [6, 6.07) is 11.6. The zero-order valence-corrected chi connectivity index (χ0v) is 19.7. The number of hydrogen-bond donors (Lipinski definition) is 2. The normalized spacial score (nSPS) is 11.6. The van der Waals surface area contributed by atoms with Gasteiger partial charge in [0.05, 0.1) is 5.69 Å². The number of nitrogens with one attached hydrogen (secondary N) is 1. The molecular weight excluding hydrogens is 414 g/mol. The molecule has 0 fully saturated rings. The van der Waals surface area contributed by atoms with Crippen molar-refractivity contribution >= 4 is 11.3 Å². The summed E-state index contributed by atoms with van der Waals surface area (Å²) >= 11 is 0. The van der Waals surface area contributed by atoms with Crippen LogP contribution in [-0.2, 0) is 6.42 Å². The van der Waals surface area contributed by atoms with Crippen LogP contribution in [-0.4, -0.2) is 14.8 Å². The second-order valence-corrected chi connectivity index (χ2v) is 8.51. The van der Waals surface area contributed by atoms with Crippen molar-refractivity contribution in [2.24, 2.45) is 5.92 Å². The number of nitrogen functional groups attached to an aromatic ring is 1. The molecule has 7 heteroatoms. The van der Waals surface area contributed by atoms with Gasteiger partial charge < -0.3 is 5.73 Å². The molecule has 7 nitrogen and oxygen atoms in total. The van der Waals surface area contributed by atoms with Gasteiger partial charge in [0.15, 0.2) is 0 Å². The molecule has 0 aliphatic rings. The van der Waals surface area contributed by atoms with Gasteiger partial charge in [-0.25, -0.2) is 4.79 Å². The average Bonchev–Trinajstić information content (AvgIpc) is 2.75. The molecule has 3 rings (SSSR count). The number of nitrogens with two attached hydrogens (primary N) is 1. The number of allylic oxidation sites excluding steroid dienone is 2. The van der Waals surface area contributed by atoms with E-state index in [1.54, 1.807) is 6.07 Å². The number of hydrogen-bond acceptors (Lipinski definition) is 5. The number of benzene rings is 2. The number of aromatic nitrogens is 3. The third-order valence-corrected chi connectivity index (χ3v) is 5.71. The van der Waals surface area contributed by atoms with Crippen LogP contribution in [0, 0.1) is 31.1 Å². The van der Waals surface area contributed by atoms with Crippen LogP contribution < -0.4 is 17.0 Å². The Balaban J connectivity index is 2.03. The molecule has 3 N–H and O–H groups in total. The lowest BCUT2D eigenvalue weighted by molar-refractivity contribution is 0.738.